The van der Waals surface area contributed by atoms with Gasteiger partial charge in [0, 0.05) is 23.7 Å². The Balaban J connectivity index is 1.74. The van der Waals surface area contributed by atoms with Crippen LogP contribution in [0, 0.1) is 0 Å². The van der Waals surface area contributed by atoms with E-state index < -0.39 is 11.7 Å². The fourth-order valence-corrected chi connectivity index (χ4v) is 3.05. The number of nitrogens with zero attached hydrogens (tertiary/aromatic N) is 2. The van der Waals surface area contributed by atoms with Crippen LogP contribution in [0.4, 0.5) is 19.0 Å². The van der Waals surface area contributed by atoms with Crippen molar-refractivity contribution in [1.82, 2.24) is 9.97 Å². The molecule has 0 fully saturated rings. The first kappa shape index (κ1) is 19.6. The lowest BCUT2D eigenvalue weighted by molar-refractivity contribution is -0.137. The molecule has 3 nitrogen and oxygen atoms in total. The molecule has 0 aliphatic rings. The molecule has 0 spiro atoms. The summed E-state index contributed by atoms with van der Waals surface area (Å²) in [5.74, 6) is 0.987. The lowest BCUT2D eigenvalue weighted by atomic mass is 10.1. The van der Waals surface area contributed by atoms with Gasteiger partial charge in [-0.2, -0.15) is 13.2 Å². The molecule has 150 valence electrons. The van der Waals surface area contributed by atoms with E-state index in [9.17, 15) is 13.2 Å². The first-order valence-electron chi connectivity index (χ1n) is 9.39. The van der Waals surface area contributed by atoms with Crippen LogP contribution in [0.15, 0.2) is 91.0 Å². The van der Waals surface area contributed by atoms with Crippen LogP contribution in [0.3, 0.4) is 0 Å². The minimum atomic E-state index is -4.42. The van der Waals surface area contributed by atoms with E-state index in [1.165, 1.54) is 6.07 Å². The highest BCUT2D eigenvalue weighted by Crippen LogP contribution is 2.32. The van der Waals surface area contributed by atoms with E-state index in [0.29, 0.717) is 29.4 Å². The highest BCUT2D eigenvalue weighted by Gasteiger charge is 2.30. The molecular formula is C24H18F3N3. The summed E-state index contributed by atoms with van der Waals surface area (Å²) in [7, 11) is 0. The lowest BCUT2D eigenvalue weighted by Gasteiger charge is -2.12. The molecule has 1 N–H and O–H groups in total. The van der Waals surface area contributed by atoms with Crippen LogP contribution in [0.2, 0.25) is 0 Å². The maximum atomic E-state index is 13.2. The first-order chi connectivity index (χ1) is 14.5. The molecule has 4 aromatic rings. The number of hydrogen-bond acceptors (Lipinski definition) is 3. The predicted molar refractivity (Wildman–Crippen MR) is 112 cm³/mol. The highest BCUT2D eigenvalue weighted by atomic mass is 19.4. The molecule has 0 amide bonds. The minimum absolute atomic E-state index is 0.382. The van der Waals surface area contributed by atoms with Crippen LogP contribution in [0.1, 0.15) is 11.1 Å². The number of benzene rings is 3. The molecule has 0 radical (unpaired) electrons. The van der Waals surface area contributed by atoms with E-state index in [1.54, 1.807) is 12.1 Å². The van der Waals surface area contributed by atoms with Crippen molar-refractivity contribution >= 4 is 5.82 Å². The largest absolute Gasteiger partial charge is 0.416 e. The number of nitrogens with one attached hydrogen (secondary N) is 1. The summed E-state index contributed by atoms with van der Waals surface area (Å²) in [6.07, 6.45) is -4.42. The normalized spacial score (nSPS) is 11.3. The van der Waals surface area contributed by atoms with Crippen molar-refractivity contribution in [1.29, 1.82) is 0 Å². The van der Waals surface area contributed by atoms with Gasteiger partial charge in [0.2, 0.25) is 0 Å². The van der Waals surface area contributed by atoms with Gasteiger partial charge in [-0.25, -0.2) is 9.97 Å². The smallest absolute Gasteiger partial charge is 0.366 e. The summed E-state index contributed by atoms with van der Waals surface area (Å²) < 4.78 is 39.5. The van der Waals surface area contributed by atoms with Crippen molar-refractivity contribution in [3.05, 3.63) is 102 Å². The highest BCUT2D eigenvalue weighted by molar-refractivity contribution is 5.68. The summed E-state index contributed by atoms with van der Waals surface area (Å²) in [4.78, 5) is 9.10. The fraction of sp³-hybridized carbons (Fsp3) is 0.0833. The molecular weight excluding hydrogens is 387 g/mol. The fourth-order valence-electron chi connectivity index (χ4n) is 3.05. The number of anilines is 1. The molecule has 0 saturated heterocycles. The number of alkyl halides is 3. The molecule has 0 bridgehead atoms. The Morgan fingerprint density at radius 3 is 2.07 bits per heavy atom. The second-order valence-corrected chi connectivity index (χ2v) is 6.75. The predicted octanol–water partition coefficient (Wildman–Crippen LogP) is 6.44. The van der Waals surface area contributed by atoms with E-state index in [-0.39, 0.29) is 0 Å². The molecule has 0 unspecified atom stereocenters. The number of rotatable bonds is 5. The SMILES string of the molecule is FC(F)(F)c1cccc(-c2cc(NCc3ccccc3)nc(-c3ccccc3)n2)c1. The molecule has 0 saturated carbocycles. The van der Waals surface area contributed by atoms with Gasteiger partial charge in [-0.15, -0.1) is 0 Å². The quantitative estimate of drug-likeness (QED) is 0.415. The molecule has 6 heteroatoms. The van der Waals surface area contributed by atoms with Crippen LogP contribution in [-0.2, 0) is 12.7 Å². The third-order valence-corrected chi connectivity index (χ3v) is 4.56. The molecule has 0 atom stereocenters. The maximum Gasteiger partial charge on any atom is 0.416 e. The Hall–Kier alpha value is -3.67. The zero-order chi connectivity index (χ0) is 21.0. The number of aromatic nitrogens is 2. The van der Waals surface area contributed by atoms with Gasteiger partial charge in [-0.05, 0) is 17.7 Å². The average Bonchev–Trinajstić information content (AvgIpc) is 2.78. The second-order valence-electron chi connectivity index (χ2n) is 6.75. The summed E-state index contributed by atoms with van der Waals surface area (Å²) in [5, 5.41) is 3.25. The van der Waals surface area contributed by atoms with Gasteiger partial charge in [0.05, 0.1) is 11.3 Å². The third-order valence-electron chi connectivity index (χ3n) is 4.56. The second kappa shape index (κ2) is 8.37. The van der Waals surface area contributed by atoms with Crippen molar-refractivity contribution in [3.63, 3.8) is 0 Å². The zero-order valence-electron chi connectivity index (χ0n) is 15.9. The van der Waals surface area contributed by atoms with E-state index >= 15 is 0 Å². The van der Waals surface area contributed by atoms with Crippen molar-refractivity contribution in [2.45, 2.75) is 12.7 Å². The van der Waals surface area contributed by atoms with Crippen LogP contribution < -0.4 is 5.32 Å². The van der Waals surface area contributed by atoms with Gasteiger partial charge in [-0.1, -0.05) is 72.8 Å². The lowest BCUT2D eigenvalue weighted by Crippen LogP contribution is -2.06. The van der Waals surface area contributed by atoms with Crippen LogP contribution in [-0.4, -0.2) is 9.97 Å². The van der Waals surface area contributed by atoms with E-state index in [0.717, 1.165) is 23.3 Å². The summed E-state index contributed by atoms with van der Waals surface area (Å²) in [6.45, 7) is 0.536. The Labute approximate surface area is 172 Å². The topological polar surface area (TPSA) is 37.8 Å². The minimum Gasteiger partial charge on any atom is -0.366 e. The average molecular weight is 405 g/mol. The Kier molecular flexibility index (Phi) is 5.48. The van der Waals surface area contributed by atoms with Gasteiger partial charge in [-0.3, -0.25) is 0 Å². The van der Waals surface area contributed by atoms with Crippen molar-refractivity contribution in [3.8, 4) is 22.6 Å². The molecule has 0 aliphatic heterocycles. The first-order valence-corrected chi connectivity index (χ1v) is 9.39. The van der Waals surface area contributed by atoms with E-state index in [1.807, 2.05) is 60.7 Å². The van der Waals surface area contributed by atoms with Gasteiger partial charge in [0.15, 0.2) is 5.82 Å². The van der Waals surface area contributed by atoms with E-state index in [4.69, 9.17) is 0 Å². The zero-order valence-corrected chi connectivity index (χ0v) is 15.9. The standard InChI is InChI=1S/C24H18F3N3/c25-24(26,27)20-13-7-12-19(14-20)21-15-22(28-16-17-8-3-1-4-9-17)30-23(29-21)18-10-5-2-6-11-18/h1-15H,16H2,(H,28,29,30). The van der Waals surface area contributed by atoms with Crippen molar-refractivity contribution in [2.75, 3.05) is 5.32 Å². The number of halogens is 3. The number of hydrogen-bond donors (Lipinski definition) is 1. The van der Waals surface area contributed by atoms with Gasteiger partial charge in [0.1, 0.15) is 5.82 Å². The van der Waals surface area contributed by atoms with Crippen LogP contribution >= 0.6 is 0 Å². The molecule has 30 heavy (non-hydrogen) atoms. The summed E-state index contributed by atoms with van der Waals surface area (Å²) in [6, 6.07) is 26.0. The Bertz CT molecular complexity index is 1130. The Morgan fingerprint density at radius 2 is 1.37 bits per heavy atom. The van der Waals surface area contributed by atoms with Gasteiger partial charge >= 0.3 is 6.18 Å². The molecule has 4 rings (SSSR count). The van der Waals surface area contributed by atoms with Gasteiger partial charge in [0.25, 0.3) is 0 Å². The van der Waals surface area contributed by atoms with Crippen molar-refractivity contribution < 1.29 is 13.2 Å². The molecule has 1 aromatic heterocycles. The molecule has 0 aliphatic carbocycles. The van der Waals surface area contributed by atoms with Gasteiger partial charge < -0.3 is 5.32 Å². The van der Waals surface area contributed by atoms with E-state index in [2.05, 4.69) is 15.3 Å². The molecule has 1 heterocycles. The maximum absolute atomic E-state index is 13.2. The van der Waals surface area contributed by atoms with Crippen molar-refractivity contribution in [2.24, 2.45) is 0 Å². The van der Waals surface area contributed by atoms with Crippen LogP contribution in [0.5, 0.6) is 0 Å². The summed E-state index contributed by atoms with van der Waals surface area (Å²) >= 11 is 0. The monoisotopic (exact) mass is 405 g/mol. The summed E-state index contributed by atoms with van der Waals surface area (Å²) in [5.41, 5.74) is 1.95. The van der Waals surface area contributed by atoms with Crippen LogP contribution in [0.25, 0.3) is 22.6 Å². The third kappa shape index (κ3) is 4.66. The molecule has 3 aromatic carbocycles. The Morgan fingerprint density at radius 1 is 0.700 bits per heavy atom.